The number of para-hydroxylation sites is 2. The highest BCUT2D eigenvalue weighted by molar-refractivity contribution is 9.11. The van der Waals surface area contributed by atoms with Crippen molar-refractivity contribution < 1.29 is 9.21 Å². The molecule has 0 atom stereocenters. The second kappa shape index (κ2) is 7.07. The first-order chi connectivity index (χ1) is 11.0. The Morgan fingerprint density at radius 2 is 1.96 bits per heavy atom. The first-order valence-corrected chi connectivity index (χ1v) is 9.34. The lowest BCUT2D eigenvalue weighted by atomic mass is 10.2. The van der Waals surface area contributed by atoms with Gasteiger partial charge >= 0.3 is 0 Å². The molecular formula is C16H12Br2N2O2S. The Hall–Kier alpha value is -1.31. The van der Waals surface area contributed by atoms with E-state index in [1.165, 1.54) is 11.8 Å². The SMILES string of the molecule is Cc1cc(Br)c(NC(=O)CSc2nc3ccccc3o2)c(Br)c1. The fraction of sp³-hybridized carbons (Fsp3) is 0.125. The molecule has 0 unspecified atom stereocenters. The van der Waals surface area contributed by atoms with Crippen molar-refractivity contribution in [2.24, 2.45) is 0 Å². The number of nitrogens with zero attached hydrogens (tertiary/aromatic N) is 1. The molecule has 23 heavy (non-hydrogen) atoms. The van der Waals surface area contributed by atoms with Gasteiger partial charge in [-0.1, -0.05) is 23.9 Å². The number of nitrogens with one attached hydrogen (secondary N) is 1. The van der Waals surface area contributed by atoms with Crippen LogP contribution in [0.25, 0.3) is 11.1 Å². The van der Waals surface area contributed by atoms with Crippen LogP contribution >= 0.6 is 43.6 Å². The van der Waals surface area contributed by atoms with Gasteiger partial charge in [0.1, 0.15) is 5.52 Å². The van der Waals surface area contributed by atoms with Gasteiger partial charge in [-0.2, -0.15) is 0 Å². The third-order valence-corrected chi connectivity index (χ3v) is 5.13. The first kappa shape index (κ1) is 16.5. The van der Waals surface area contributed by atoms with Crippen LogP contribution < -0.4 is 5.32 Å². The average molecular weight is 456 g/mol. The predicted octanol–water partition coefficient (Wildman–Crippen LogP) is 5.39. The summed E-state index contributed by atoms with van der Waals surface area (Å²) in [5, 5.41) is 3.38. The van der Waals surface area contributed by atoms with E-state index in [9.17, 15) is 4.79 Å². The molecule has 3 rings (SSSR count). The zero-order chi connectivity index (χ0) is 16.4. The summed E-state index contributed by atoms with van der Waals surface area (Å²) in [5.74, 6) is 0.0991. The molecule has 0 aliphatic heterocycles. The second-order valence-corrected chi connectivity index (χ2v) is 7.52. The Bertz CT molecular complexity index is 823. The minimum atomic E-state index is -0.123. The monoisotopic (exact) mass is 454 g/mol. The third-order valence-electron chi connectivity index (χ3n) is 3.05. The molecule has 0 fully saturated rings. The van der Waals surface area contributed by atoms with Crippen LogP contribution in [0.1, 0.15) is 5.56 Å². The topological polar surface area (TPSA) is 55.1 Å². The van der Waals surface area contributed by atoms with Crippen LogP contribution in [0.3, 0.4) is 0 Å². The minimum Gasteiger partial charge on any atom is -0.431 e. The molecule has 0 aliphatic rings. The number of hydrogen-bond acceptors (Lipinski definition) is 4. The fourth-order valence-electron chi connectivity index (χ4n) is 2.03. The summed E-state index contributed by atoms with van der Waals surface area (Å²) in [6, 6.07) is 11.4. The van der Waals surface area contributed by atoms with E-state index in [1.807, 2.05) is 43.3 Å². The summed E-state index contributed by atoms with van der Waals surface area (Å²) in [6.07, 6.45) is 0. The molecule has 0 radical (unpaired) electrons. The van der Waals surface area contributed by atoms with Gasteiger partial charge in [0.15, 0.2) is 5.58 Å². The van der Waals surface area contributed by atoms with E-state index in [2.05, 4.69) is 42.2 Å². The van der Waals surface area contributed by atoms with Crippen molar-refractivity contribution in [2.75, 3.05) is 11.1 Å². The zero-order valence-corrected chi connectivity index (χ0v) is 16.1. The molecule has 0 saturated carbocycles. The number of halogens is 2. The normalized spacial score (nSPS) is 10.9. The van der Waals surface area contributed by atoms with Crippen LogP contribution in [0.4, 0.5) is 5.69 Å². The van der Waals surface area contributed by atoms with Crippen LogP contribution in [0, 0.1) is 6.92 Å². The average Bonchev–Trinajstić information content (AvgIpc) is 2.91. The van der Waals surface area contributed by atoms with Gasteiger partial charge in [0.25, 0.3) is 5.22 Å². The summed E-state index contributed by atoms with van der Waals surface area (Å²) in [5.41, 5.74) is 3.33. The zero-order valence-electron chi connectivity index (χ0n) is 12.1. The molecule has 1 heterocycles. The first-order valence-electron chi connectivity index (χ1n) is 6.77. The molecular weight excluding hydrogens is 444 g/mol. The Balaban J connectivity index is 1.66. The second-order valence-electron chi connectivity index (χ2n) is 4.89. The van der Waals surface area contributed by atoms with Gasteiger partial charge in [0.05, 0.1) is 11.4 Å². The van der Waals surface area contributed by atoms with Gasteiger partial charge in [0.2, 0.25) is 5.91 Å². The van der Waals surface area contributed by atoms with E-state index in [0.717, 1.165) is 31.3 Å². The molecule has 0 spiro atoms. The van der Waals surface area contributed by atoms with Crippen molar-refractivity contribution in [3.63, 3.8) is 0 Å². The maximum absolute atomic E-state index is 12.1. The molecule has 3 aromatic rings. The Labute approximate surface area is 154 Å². The number of amides is 1. The van der Waals surface area contributed by atoms with Gasteiger partial charge in [-0.15, -0.1) is 0 Å². The van der Waals surface area contributed by atoms with Crippen molar-refractivity contribution >= 4 is 66.3 Å². The molecule has 1 amide bonds. The highest BCUT2D eigenvalue weighted by Crippen LogP contribution is 2.32. The van der Waals surface area contributed by atoms with E-state index in [1.54, 1.807) is 0 Å². The van der Waals surface area contributed by atoms with E-state index >= 15 is 0 Å². The number of thioether (sulfide) groups is 1. The highest BCUT2D eigenvalue weighted by atomic mass is 79.9. The Kier molecular flexibility index (Phi) is 5.08. The lowest BCUT2D eigenvalue weighted by molar-refractivity contribution is -0.113. The van der Waals surface area contributed by atoms with E-state index in [-0.39, 0.29) is 11.7 Å². The van der Waals surface area contributed by atoms with Gasteiger partial charge in [0, 0.05) is 8.95 Å². The number of hydrogen-bond donors (Lipinski definition) is 1. The quantitative estimate of drug-likeness (QED) is 0.535. The summed E-state index contributed by atoms with van der Waals surface area (Å²) >= 11 is 8.19. The van der Waals surface area contributed by atoms with E-state index in [0.29, 0.717) is 5.22 Å². The number of rotatable bonds is 4. The molecule has 7 heteroatoms. The van der Waals surface area contributed by atoms with Gasteiger partial charge in [-0.05, 0) is 68.6 Å². The summed E-state index contributed by atoms with van der Waals surface area (Å²) < 4.78 is 7.26. The van der Waals surface area contributed by atoms with Crippen LogP contribution in [0.15, 0.2) is 55.0 Å². The third kappa shape index (κ3) is 3.97. The number of benzene rings is 2. The molecule has 1 N–H and O–H groups in total. The molecule has 0 saturated heterocycles. The summed E-state index contributed by atoms with van der Waals surface area (Å²) in [4.78, 5) is 16.5. The lowest BCUT2D eigenvalue weighted by Crippen LogP contribution is -2.15. The standard InChI is InChI=1S/C16H12Br2N2O2S/c1-9-6-10(17)15(11(18)7-9)20-14(21)8-23-16-19-12-4-2-3-5-13(12)22-16/h2-7H,8H2,1H3,(H,20,21). The van der Waals surface area contributed by atoms with E-state index in [4.69, 9.17) is 4.42 Å². The van der Waals surface area contributed by atoms with Crippen molar-refractivity contribution in [3.05, 3.63) is 50.9 Å². The highest BCUT2D eigenvalue weighted by Gasteiger charge is 2.12. The smallest absolute Gasteiger partial charge is 0.257 e. The van der Waals surface area contributed by atoms with Crippen molar-refractivity contribution in [3.8, 4) is 0 Å². The largest absolute Gasteiger partial charge is 0.431 e. The fourth-order valence-corrected chi connectivity index (χ4v) is 4.29. The number of aryl methyl sites for hydroxylation is 1. The molecule has 4 nitrogen and oxygen atoms in total. The molecule has 0 bridgehead atoms. The number of carbonyl (C=O) groups is 1. The van der Waals surface area contributed by atoms with Crippen molar-refractivity contribution in [2.45, 2.75) is 12.1 Å². The number of anilines is 1. The summed E-state index contributed by atoms with van der Waals surface area (Å²) in [6.45, 7) is 1.99. The van der Waals surface area contributed by atoms with Gasteiger partial charge < -0.3 is 9.73 Å². The Morgan fingerprint density at radius 1 is 1.26 bits per heavy atom. The van der Waals surface area contributed by atoms with Crippen LogP contribution in [0.5, 0.6) is 0 Å². The van der Waals surface area contributed by atoms with Crippen LogP contribution in [-0.2, 0) is 4.79 Å². The Morgan fingerprint density at radius 3 is 2.65 bits per heavy atom. The number of carbonyl (C=O) groups excluding carboxylic acids is 1. The minimum absolute atomic E-state index is 0.123. The molecule has 0 aliphatic carbocycles. The number of aromatic nitrogens is 1. The maximum Gasteiger partial charge on any atom is 0.257 e. The van der Waals surface area contributed by atoms with Crippen LogP contribution in [-0.4, -0.2) is 16.6 Å². The van der Waals surface area contributed by atoms with Crippen LogP contribution in [0.2, 0.25) is 0 Å². The predicted molar refractivity (Wildman–Crippen MR) is 99.9 cm³/mol. The maximum atomic E-state index is 12.1. The lowest BCUT2D eigenvalue weighted by Gasteiger charge is -2.10. The number of oxazole rings is 1. The van der Waals surface area contributed by atoms with E-state index < -0.39 is 0 Å². The van der Waals surface area contributed by atoms with Gasteiger partial charge in [-0.3, -0.25) is 4.79 Å². The van der Waals surface area contributed by atoms with Gasteiger partial charge in [-0.25, -0.2) is 4.98 Å². The van der Waals surface area contributed by atoms with Crippen molar-refractivity contribution in [1.82, 2.24) is 4.98 Å². The molecule has 2 aromatic carbocycles. The number of fused-ring (bicyclic) bond motifs is 1. The molecule has 1 aromatic heterocycles. The molecule has 118 valence electrons. The summed E-state index contributed by atoms with van der Waals surface area (Å²) in [7, 11) is 0. The van der Waals surface area contributed by atoms with Crippen molar-refractivity contribution in [1.29, 1.82) is 0 Å².